The van der Waals surface area contributed by atoms with E-state index < -0.39 is 29.6 Å². The number of hydrogen-bond donors (Lipinski definition) is 2. The van der Waals surface area contributed by atoms with Crippen LogP contribution in [0.2, 0.25) is 0 Å². The number of esters is 1. The molecule has 7 heteroatoms. The van der Waals surface area contributed by atoms with Crippen molar-refractivity contribution >= 4 is 30.0 Å². The summed E-state index contributed by atoms with van der Waals surface area (Å²) < 4.78 is 5.18. The van der Waals surface area contributed by atoms with E-state index in [-0.39, 0.29) is 11.7 Å². The summed E-state index contributed by atoms with van der Waals surface area (Å²) >= 11 is 1.08. The van der Waals surface area contributed by atoms with Crippen LogP contribution in [0.4, 0.5) is 0 Å². The van der Waals surface area contributed by atoms with Crippen molar-refractivity contribution in [1.82, 2.24) is 0 Å². The summed E-state index contributed by atoms with van der Waals surface area (Å²) in [6.45, 7) is 8.53. The fraction of sp³-hybridized carbons (Fsp3) is 0.688. The number of aliphatic carboxylic acids is 1. The van der Waals surface area contributed by atoms with Crippen LogP contribution in [0, 0.1) is 11.8 Å². The molecule has 2 N–H and O–H groups in total. The van der Waals surface area contributed by atoms with Crippen LogP contribution in [-0.4, -0.2) is 45.9 Å². The summed E-state index contributed by atoms with van der Waals surface area (Å²) in [4.78, 5) is 34.1. The second kappa shape index (κ2) is 9.72. The minimum atomic E-state index is -1.12. The van der Waals surface area contributed by atoms with Gasteiger partial charge < -0.3 is 19.7 Å². The third kappa shape index (κ3) is 10.1. The summed E-state index contributed by atoms with van der Waals surface area (Å²) in [5.41, 5.74) is -0.602. The Balaban J connectivity index is 4.86. The molecule has 0 bridgehead atoms. The van der Waals surface area contributed by atoms with Gasteiger partial charge in [-0.15, -0.1) is 11.8 Å². The molecule has 0 saturated carbocycles. The van der Waals surface area contributed by atoms with Crippen LogP contribution in [0.15, 0.2) is 11.0 Å². The SMILES string of the molecule is C[C@H](C[C@H](C=O)[C@@H](C)O)/C(=C/C(=O)O)SCC(=O)OC(C)(C)C. The van der Waals surface area contributed by atoms with E-state index in [1.54, 1.807) is 27.7 Å². The van der Waals surface area contributed by atoms with Crippen molar-refractivity contribution in [3.05, 3.63) is 11.0 Å². The lowest BCUT2D eigenvalue weighted by Crippen LogP contribution is -2.25. The third-order valence-corrected chi connectivity index (χ3v) is 4.18. The number of aldehydes is 1. The molecule has 0 aliphatic rings. The van der Waals surface area contributed by atoms with E-state index in [9.17, 15) is 19.5 Å². The van der Waals surface area contributed by atoms with E-state index in [1.165, 1.54) is 6.92 Å². The number of aliphatic hydroxyl groups excluding tert-OH is 1. The minimum absolute atomic E-state index is 0.0127. The maximum Gasteiger partial charge on any atom is 0.329 e. The van der Waals surface area contributed by atoms with Gasteiger partial charge in [-0.2, -0.15) is 0 Å². The first-order chi connectivity index (χ1) is 10.5. The van der Waals surface area contributed by atoms with E-state index in [0.29, 0.717) is 17.6 Å². The molecule has 0 fully saturated rings. The van der Waals surface area contributed by atoms with Gasteiger partial charge in [0, 0.05) is 12.0 Å². The lowest BCUT2D eigenvalue weighted by molar-refractivity contribution is -0.151. The largest absolute Gasteiger partial charge is 0.478 e. The molecular formula is C16H26O6S. The third-order valence-electron chi connectivity index (χ3n) is 2.95. The molecule has 0 rings (SSSR count). The van der Waals surface area contributed by atoms with Crippen LogP contribution in [0.25, 0.3) is 0 Å². The first-order valence-corrected chi connectivity index (χ1v) is 8.37. The summed E-state index contributed by atoms with van der Waals surface area (Å²) in [6, 6.07) is 0. The number of hydrogen-bond acceptors (Lipinski definition) is 6. The highest BCUT2D eigenvalue weighted by Gasteiger charge is 2.22. The van der Waals surface area contributed by atoms with Gasteiger partial charge in [0.05, 0.1) is 11.9 Å². The standard InChI is InChI=1S/C16H26O6S/c1-10(6-12(8-17)11(2)18)13(7-14(19)20)23-9-15(21)22-16(3,4)5/h7-8,10-12,18H,6,9H2,1-5H3,(H,19,20)/b13-7-/t10-,11-,12-/m1/s1. The average Bonchev–Trinajstić information content (AvgIpc) is 2.37. The zero-order chi connectivity index (χ0) is 18.2. The van der Waals surface area contributed by atoms with E-state index in [2.05, 4.69) is 0 Å². The predicted octanol–water partition coefficient (Wildman–Crippen LogP) is 2.25. The molecule has 0 aromatic heterocycles. The molecule has 0 heterocycles. The van der Waals surface area contributed by atoms with Gasteiger partial charge in [-0.05, 0) is 44.9 Å². The number of rotatable bonds is 9. The van der Waals surface area contributed by atoms with Gasteiger partial charge in [0.25, 0.3) is 0 Å². The molecule has 0 spiro atoms. The maximum absolute atomic E-state index is 11.7. The molecule has 0 radical (unpaired) electrons. The molecule has 132 valence electrons. The van der Waals surface area contributed by atoms with Gasteiger partial charge >= 0.3 is 11.9 Å². The molecule has 3 atom stereocenters. The summed E-state index contributed by atoms with van der Waals surface area (Å²) in [7, 11) is 0. The van der Waals surface area contributed by atoms with Crippen LogP contribution in [0.5, 0.6) is 0 Å². The fourth-order valence-electron chi connectivity index (χ4n) is 1.85. The highest BCUT2D eigenvalue weighted by Crippen LogP contribution is 2.30. The Morgan fingerprint density at radius 3 is 2.22 bits per heavy atom. The molecule has 0 unspecified atom stereocenters. The number of allylic oxidation sites excluding steroid dienone is 1. The topological polar surface area (TPSA) is 101 Å². The molecule has 0 amide bonds. The van der Waals surface area contributed by atoms with Crippen molar-refractivity contribution < 1.29 is 29.3 Å². The zero-order valence-electron chi connectivity index (χ0n) is 14.2. The zero-order valence-corrected chi connectivity index (χ0v) is 15.1. The highest BCUT2D eigenvalue weighted by atomic mass is 32.2. The normalized spacial score (nSPS) is 16.3. The quantitative estimate of drug-likeness (QED) is 0.375. The molecular weight excluding hydrogens is 320 g/mol. The molecule has 0 aliphatic carbocycles. The molecule has 0 aromatic rings. The van der Waals surface area contributed by atoms with Gasteiger partial charge in [-0.25, -0.2) is 4.79 Å². The molecule has 0 aliphatic heterocycles. The summed E-state index contributed by atoms with van der Waals surface area (Å²) in [6.07, 6.45) is 1.19. The van der Waals surface area contributed by atoms with Crippen LogP contribution in [0.3, 0.4) is 0 Å². The Bertz CT molecular complexity index is 450. The van der Waals surface area contributed by atoms with E-state index >= 15 is 0 Å². The Hall–Kier alpha value is -1.34. The molecule has 0 saturated heterocycles. The number of ether oxygens (including phenoxy) is 1. The first-order valence-electron chi connectivity index (χ1n) is 7.38. The number of aliphatic hydroxyl groups is 1. The van der Waals surface area contributed by atoms with Crippen LogP contribution in [-0.2, 0) is 19.1 Å². The smallest absolute Gasteiger partial charge is 0.329 e. The van der Waals surface area contributed by atoms with Gasteiger partial charge in [-0.1, -0.05) is 6.92 Å². The second-order valence-electron chi connectivity index (χ2n) is 6.44. The lowest BCUT2D eigenvalue weighted by atomic mass is 9.92. The van der Waals surface area contributed by atoms with Gasteiger partial charge in [0.2, 0.25) is 0 Å². The van der Waals surface area contributed by atoms with Crippen LogP contribution in [0.1, 0.15) is 41.0 Å². The Morgan fingerprint density at radius 1 is 1.26 bits per heavy atom. The highest BCUT2D eigenvalue weighted by molar-refractivity contribution is 8.03. The van der Waals surface area contributed by atoms with Crippen LogP contribution < -0.4 is 0 Å². The van der Waals surface area contributed by atoms with Crippen molar-refractivity contribution in [2.45, 2.75) is 52.7 Å². The Labute approximate surface area is 141 Å². The Kier molecular flexibility index (Phi) is 9.16. The van der Waals surface area contributed by atoms with Crippen molar-refractivity contribution in [2.24, 2.45) is 11.8 Å². The number of carbonyl (C=O) groups excluding carboxylic acids is 2. The van der Waals surface area contributed by atoms with Gasteiger partial charge in [-0.3, -0.25) is 4.79 Å². The number of thioether (sulfide) groups is 1. The number of carbonyl (C=O) groups is 3. The van der Waals surface area contributed by atoms with Gasteiger partial charge in [0.15, 0.2) is 0 Å². The Morgan fingerprint density at radius 2 is 1.83 bits per heavy atom. The van der Waals surface area contributed by atoms with Gasteiger partial charge in [0.1, 0.15) is 11.9 Å². The van der Waals surface area contributed by atoms with Crippen molar-refractivity contribution in [3.8, 4) is 0 Å². The summed E-state index contributed by atoms with van der Waals surface area (Å²) in [5, 5.41) is 18.5. The van der Waals surface area contributed by atoms with Crippen molar-refractivity contribution in [2.75, 3.05) is 5.75 Å². The van der Waals surface area contributed by atoms with E-state index in [0.717, 1.165) is 17.8 Å². The number of carboxylic acids is 1. The number of carboxylic acid groups (broad SMARTS) is 1. The monoisotopic (exact) mass is 346 g/mol. The van der Waals surface area contributed by atoms with E-state index in [1.807, 2.05) is 0 Å². The van der Waals surface area contributed by atoms with E-state index in [4.69, 9.17) is 9.84 Å². The first kappa shape index (κ1) is 21.7. The summed E-state index contributed by atoms with van der Waals surface area (Å²) in [5.74, 6) is -2.43. The fourth-order valence-corrected chi connectivity index (χ4v) is 2.76. The predicted molar refractivity (Wildman–Crippen MR) is 89.0 cm³/mol. The van der Waals surface area contributed by atoms with Crippen molar-refractivity contribution in [3.63, 3.8) is 0 Å². The second-order valence-corrected chi connectivity index (χ2v) is 7.49. The molecule has 6 nitrogen and oxygen atoms in total. The van der Waals surface area contributed by atoms with Crippen molar-refractivity contribution in [1.29, 1.82) is 0 Å². The molecule has 0 aromatic carbocycles. The van der Waals surface area contributed by atoms with Crippen LogP contribution >= 0.6 is 11.8 Å². The average molecular weight is 346 g/mol. The molecule has 23 heavy (non-hydrogen) atoms. The minimum Gasteiger partial charge on any atom is -0.478 e. The lowest BCUT2D eigenvalue weighted by Gasteiger charge is -2.22. The maximum atomic E-state index is 11.7.